The average molecular weight is 335 g/mol. The number of fused-ring (bicyclic) bond motifs is 1. The van der Waals surface area contributed by atoms with Crippen LogP contribution < -0.4 is 5.32 Å². The number of nitrogens with one attached hydrogen (secondary N) is 1. The number of rotatable bonds is 4. The molecule has 3 heterocycles. The van der Waals surface area contributed by atoms with Gasteiger partial charge in [-0.05, 0) is 19.3 Å². The van der Waals surface area contributed by atoms with Crippen LogP contribution in [0.25, 0.3) is 0 Å². The van der Waals surface area contributed by atoms with Crippen molar-refractivity contribution in [2.24, 2.45) is 0 Å². The summed E-state index contributed by atoms with van der Waals surface area (Å²) in [5.41, 5.74) is 1.79. The van der Waals surface area contributed by atoms with E-state index in [0.717, 1.165) is 37.1 Å². The van der Waals surface area contributed by atoms with Gasteiger partial charge in [-0.25, -0.2) is 4.79 Å². The molecule has 0 spiro atoms. The molecular formula is C16H25N5O3. The molecule has 3 amide bonds. The SMILES string of the molecule is COCCNC(=O)N1CCN(C(=O)c2cnn3c2CCCC3)CC1. The average Bonchev–Trinajstić information content (AvgIpc) is 3.05. The molecule has 0 saturated carbocycles. The van der Waals surface area contributed by atoms with Gasteiger partial charge >= 0.3 is 6.03 Å². The number of ether oxygens (including phenoxy) is 1. The molecule has 1 fully saturated rings. The molecule has 0 radical (unpaired) electrons. The first-order valence-corrected chi connectivity index (χ1v) is 8.56. The van der Waals surface area contributed by atoms with Gasteiger partial charge in [-0.15, -0.1) is 0 Å². The van der Waals surface area contributed by atoms with Crippen molar-refractivity contribution in [3.63, 3.8) is 0 Å². The van der Waals surface area contributed by atoms with E-state index >= 15 is 0 Å². The molecule has 3 rings (SSSR count). The van der Waals surface area contributed by atoms with Crippen molar-refractivity contribution in [2.75, 3.05) is 46.4 Å². The second-order valence-electron chi connectivity index (χ2n) is 6.19. The summed E-state index contributed by atoms with van der Waals surface area (Å²) in [7, 11) is 1.60. The smallest absolute Gasteiger partial charge is 0.317 e. The van der Waals surface area contributed by atoms with E-state index in [0.29, 0.717) is 39.3 Å². The Labute approximate surface area is 141 Å². The van der Waals surface area contributed by atoms with E-state index in [1.807, 2.05) is 9.58 Å². The summed E-state index contributed by atoms with van der Waals surface area (Å²) in [6.45, 7) is 4.11. The zero-order valence-corrected chi connectivity index (χ0v) is 14.2. The number of carbonyl (C=O) groups is 2. The van der Waals surface area contributed by atoms with E-state index in [1.165, 1.54) is 0 Å². The predicted molar refractivity (Wildman–Crippen MR) is 87.9 cm³/mol. The Morgan fingerprint density at radius 3 is 2.67 bits per heavy atom. The number of urea groups is 1. The van der Waals surface area contributed by atoms with Crippen molar-refractivity contribution >= 4 is 11.9 Å². The molecule has 24 heavy (non-hydrogen) atoms. The largest absolute Gasteiger partial charge is 0.383 e. The highest BCUT2D eigenvalue weighted by Gasteiger charge is 2.28. The highest BCUT2D eigenvalue weighted by molar-refractivity contribution is 5.95. The molecule has 1 saturated heterocycles. The number of methoxy groups -OCH3 is 1. The second-order valence-corrected chi connectivity index (χ2v) is 6.19. The van der Waals surface area contributed by atoms with Gasteiger partial charge in [0.1, 0.15) is 0 Å². The normalized spacial score (nSPS) is 17.5. The van der Waals surface area contributed by atoms with E-state index in [9.17, 15) is 9.59 Å². The first kappa shape index (κ1) is 16.8. The molecule has 0 aromatic carbocycles. The molecule has 0 aliphatic carbocycles. The van der Waals surface area contributed by atoms with Gasteiger partial charge in [0.25, 0.3) is 5.91 Å². The van der Waals surface area contributed by atoms with Crippen molar-refractivity contribution in [1.82, 2.24) is 24.9 Å². The van der Waals surface area contributed by atoms with Crippen LogP contribution in [0.2, 0.25) is 0 Å². The third kappa shape index (κ3) is 3.53. The van der Waals surface area contributed by atoms with Crippen molar-refractivity contribution in [1.29, 1.82) is 0 Å². The molecule has 1 aromatic rings. The molecule has 0 unspecified atom stereocenters. The minimum absolute atomic E-state index is 0.0394. The van der Waals surface area contributed by atoms with E-state index in [2.05, 4.69) is 10.4 Å². The number of hydrogen-bond donors (Lipinski definition) is 1. The van der Waals surface area contributed by atoms with Crippen LogP contribution in [0.5, 0.6) is 0 Å². The Kier molecular flexibility index (Phi) is 5.34. The number of aromatic nitrogens is 2. The maximum atomic E-state index is 12.8. The topological polar surface area (TPSA) is 79.7 Å². The lowest BCUT2D eigenvalue weighted by Crippen LogP contribution is -2.53. The molecule has 0 atom stereocenters. The Bertz CT molecular complexity index is 593. The minimum Gasteiger partial charge on any atom is -0.383 e. The van der Waals surface area contributed by atoms with Crippen LogP contribution in [0.4, 0.5) is 4.79 Å². The van der Waals surface area contributed by atoms with Gasteiger partial charge in [0.15, 0.2) is 0 Å². The highest BCUT2D eigenvalue weighted by Crippen LogP contribution is 2.20. The Balaban J connectivity index is 1.54. The fourth-order valence-electron chi connectivity index (χ4n) is 3.25. The van der Waals surface area contributed by atoms with Gasteiger partial charge in [0.2, 0.25) is 0 Å². The van der Waals surface area contributed by atoms with Gasteiger partial charge in [0.05, 0.1) is 24.1 Å². The summed E-state index contributed by atoms with van der Waals surface area (Å²) < 4.78 is 6.88. The van der Waals surface area contributed by atoms with Gasteiger partial charge in [-0.2, -0.15) is 5.10 Å². The Hall–Kier alpha value is -2.09. The molecule has 8 nitrogen and oxygen atoms in total. The van der Waals surface area contributed by atoms with E-state index in [1.54, 1.807) is 18.2 Å². The van der Waals surface area contributed by atoms with Crippen LogP contribution in [0.3, 0.4) is 0 Å². The number of carbonyl (C=O) groups excluding carboxylic acids is 2. The lowest BCUT2D eigenvalue weighted by molar-refractivity contribution is 0.0662. The summed E-state index contributed by atoms with van der Waals surface area (Å²) in [4.78, 5) is 28.3. The van der Waals surface area contributed by atoms with E-state index < -0.39 is 0 Å². The fraction of sp³-hybridized carbons (Fsp3) is 0.688. The minimum atomic E-state index is -0.0953. The maximum Gasteiger partial charge on any atom is 0.317 e. The van der Waals surface area contributed by atoms with Crippen LogP contribution in [0.15, 0.2) is 6.20 Å². The summed E-state index contributed by atoms with van der Waals surface area (Å²) in [5, 5.41) is 7.15. The summed E-state index contributed by atoms with van der Waals surface area (Å²) in [6, 6.07) is -0.0953. The molecule has 132 valence electrons. The van der Waals surface area contributed by atoms with Gasteiger partial charge in [-0.1, -0.05) is 0 Å². The number of nitrogens with zero attached hydrogens (tertiary/aromatic N) is 4. The van der Waals surface area contributed by atoms with Crippen LogP contribution in [0.1, 0.15) is 28.9 Å². The fourth-order valence-corrected chi connectivity index (χ4v) is 3.25. The number of hydrogen-bond acceptors (Lipinski definition) is 4. The molecule has 8 heteroatoms. The number of amides is 3. The Morgan fingerprint density at radius 2 is 1.92 bits per heavy atom. The summed E-state index contributed by atoms with van der Waals surface area (Å²) in [6.07, 6.45) is 4.86. The standard InChI is InChI=1S/C16H25N5O3/c1-24-11-5-17-16(23)20-9-7-19(8-10-20)15(22)13-12-18-21-6-3-2-4-14(13)21/h12H,2-11H2,1H3,(H,17,23). The van der Waals surface area contributed by atoms with E-state index in [-0.39, 0.29) is 11.9 Å². The Morgan fingerprint density at radius 1 is 1.17 bits per heavy atom. The zero-order chi connectivity index (χ0) is 16.9. The number of piperazine rings is 1. The molecular weight excluding hydrogens is 310 g/mol. The molecule has 0 bridgehead atoms. The van der Waals surface area contributed by atoms with Crippen molar-refractivity contribution in [2.45, 2.75) is 25.8 Å². The van der Waals surface area contributed by atoms with Gasteiger partial charge in [0, 0.05) is 46.4 Å². The van der Waals surface area contributed by atoms with Crippen LogP contribution >= 0.6 is 0 Å². The predicted octanol–water partition coefficient (Wildman–Crippen LogP) is 0.333. The molecule has 1 aromatic heterocycles. The highest BCUT2D eigenvalue weighted by atomic mass is 16.5. The van der Waals surface area contributed by atoms with Crippen LogP contribution in [0, 0.1) is 0 Å². The third-order valence-electron chi connectivity index (χ3n) is 4.65. The molecule has 2 aliphatic heterocycles. The summed E-state index contributed by atoms with van der Waals surface area (Å²) in [5.74, 6) is 0.0394. The second kappa shape index (κ2) is 7.65. The lowest BCUT2D eigenvalue weighted by atomic mass is 10.1. The zero-order valence-electron chi connectivity index (χ0n) is 14.2. The first-order valence-electron chi connectivity index (χ1n) is 8.56. The third-order valence-corrected chi connectivity index (χ3v) is 4.65. The van der Waals surface area contributed by atoms with Crippen molar-refractivity contribution < 1.29 is 14.3 Å². The van der Waals surface area contributed by atoms with Gasteiger partial charge < -0.3 is 19.9 Å². The lowest BCUT2D eigenvalue weighted by Gasteiger charge is -2.34. The van der Waals surface area contributed by atoms with Crippen molar-refractivity contribution in [3.8, 4) is 0 Å². The van der Waals surface area contributed by atoms with Crippen LogP contribution in [-0.2, 0) is 17.7 Å². The monoisotopic (exact) mass is 335 g/mol. The summed E-state index contributed by atoms with van der Waals surface area (Å²) >= 11 is 0. The number of aryl methyl sites for hydroxylation is 1. The maximum absolute atomic E-state index is 12.8. The first-order chi connectivity index (χ1) is 11.7. The van der Waals surface area contributed by atoms with Gasteiger partial charge in [-0.3, -0.25) is 9.48 Å². The van der Waals surface area contributed by atoms with E-state index in [4.69, 9.17) is 4.74 Å². The molecule has 2 aliphatic rings. The molecule has 1 N–H and O–H groups in total. The van der Waals surface area contributed by atoms with Crippen LogP contribution in [-0.4, -0.2) is 78.0 Å². The van der Waals surface area contributed by atoms with Crippen molar-refractivity contribution in [3.05, 3.63) is 17.5 Å². The quantitative estimate of drug-likeness (QED) is 0.805.